The summed E-state index contributed by atoms with van der Waals surface area (Å²) < 4.78 is 10.4. The first-order valence-electron chi connectivity index (χ1n) is 7.46. The lowest BCUT2D eigenvalue weighted by molar-refractivity contribution is -0.386. The maximum absolute atomic E-state index is 10.6. The standard InChI is InChI=1S/C9H9NO5.C7H5NO4/c11-8-2-1-6(5-7(8)10(12)13)9-14-3-4-15-9;9-4-5-1-2-7(10)6(3-5)8(11)12/h1-2,5,9,11H,3-4H2;1-4,10H. The molecule has 0 radical (unpaired) electrons. The van der Waals surface area contributed by atoms with Crippen LogP contribution in [0.5, 0.6) is 11.5 Å². The Labute approximate surface area is 151 Å². The minimum absolute atomic E-state index is 0.166. The molecule has 27 heavy (non-hydrogen) atoms. The van der Waals surface area contributed by atoms with E-state index in [0.717, 1.165) is 12.1 Å². The average Bonchev–Trinajstić information content (AvgIpc) is 3.17. The summed E-state index contributed by atoms with van der Waals surface area (Å²) in [6.45, 7) is 0.943. The molecule has 3 rings (SSSR count). The lowest BCUT2D eigenvalue weighted by atomic mass is 10.2. The number of nitro benzene ring substituents is 2. The molecule has 11 nitrogen and oxygen atoms in total. The highest BCUT2D eigenvalue weighted by Crippen LogP contribution is 2.31. The van der Waals surface area contributed by atoms with Crippen molar-refractivity contribution in [1.82, 2.24) is 0 Å². The molecule has 2 aromatic carbocycles. The number of aldehydes is 1. The summed E-state index contributed by atoms with van der Waals surface area (Å²) >= 11 is 0. The Hall–Kier alpha value is -3.57. The van der Waals surface area contributed by atoms with E-state index in [2.05, 4.69) is 0 Å². The van der Waals surface area contributed by atoms with Crippen LogP contribution in [0.3, 0.4) is 0 Å². The van der Waals surface area contributed by atoms with Crippen molar-refractivity contribution in [3.63, 3.8) is 0 Å². The van der Waals surface area contributed by atoms with Gasteiger partial charge in [-0.1, -0.05) is 0 Å². The van der Waals surface area contributed by atoms with Crippen LogP contribution < -0.4 is 0 Å². The van der Waals surface area contributed by atoms with Crippen molar-refractivity contribution in [3.05, 3.63) is 67.8 Å². The van der Waals surface area contributed by atoms with E-state index in [1.165, 1.54) is 18.2 Å². The summed E-state index contributed by atoms with van der Waals surface area (Å²) in [5.74, 6) is -0.799. The number of carbonyl (C=O) groups excluding carboxylic acids is 1. The summed E-state index contributed by atoms with van der Waals surface area (Å²) in [5.41, 5.74) is -0.0947. The van der Waals surface area contributed by atoms with Crippen molar-refractivity contribution in [3.8, 4) is 11.5 Å². The summed E-state index contributed by atoms with van der Waals surface area (Å²) in [4.78, 5) is 29.6. The van der Waals surface area contributed by atoms with Crippen molar-refractivity contribution >= 4 is 17.7 Å². The fourth-order valence-electron chi connectivity index (χ4n) is 2.14. The second-order valence-electron chi connectivity index (χ2n) is 5.20. The van der Waals surface area contributed by atoms with Gasteiger partial charge in [0.15, 0.2) is 17.8 Å². The minimum Gasteiger partial charge on any atom is -0.502 e. The second-order valence-corrected chi connectivity index (χ2v) is 5.20. The summed E-state index contributed by atoms with van der Waals surface area (Å²) in [5, 5.41) is 38.9. The highest BCUT2D eigenvalue weighted by atomic mass is 16.7. The normalized spacial score (nSPS) is 13.5. The maximum atomic E-state index is 10.6. The van der Waals surface area contributed by atoms with Gasteiger partial charge in [-0.3, -0.25) is 25.0 Å². The molecule has 1 aliphatic rings. The maximum Gasteiger partial charge on any atom is 0.311 e. The second kappa shape index (κ2) is 8.69. The number of hydrogen-bond donors (Lipinski definition) is 2. The third-order valence-corrected chi connectivity index (χ3v) is 3.42. The Morgan fingerprint density at radius 2 is 1.44 bits per heavy atom. The van der Waals surface area contributed by atoms with Gasteiger partial charge < -0.3 is 19.7 Å². The van der Waals surface area contributed by atoms with E-state index in [1.807, 2.05) is 0 Å². The molecular formula is C16H14N2O9. The molecule has 1 fully saturated rings. The Kier molecular flexibility index (Phi) is 6.36. The topological polar surface area (TPSA) is 162 Å². The number of nitro groups is 2. The number of phenolic OH excluding ortho intramolecular Hbond substituents is 2. The fourth-order valence-corrected chi connectivity index (χ4v) is 2.14. The molecule has 0 unspecified atom stereocenters. The summed E-state index contributed by atoms with van der Waals surface area (Å²) in [7, 11) is 0. The Morgan fingerprint density at radius 1 is 0.926 bits per heavy atom. The van der Waals surface area contributed by atoms with Crippen LogP contribution in [0, 0.1) is 20.2 Å². The van der Waals surface area contributed by atoms with Crippen molar-refractivity contribution in [1.29, 1.82) is 0 Å². The zero-order chi connectivity index (χ0) is 20.0. The first kappa shape index (κ1) is 19.8. The van der Waals surface area contributed by atoms with E-state index in [-0.39, 0.29) is 17.0 Å². The van der Waals surface area contributed by atoms with Gasteiger partial charge in [0.2, 0.25) is 0 Å². The number of aromatic hydroxyl groups is 2. The first-order chi connectivity index (χ1) is 12.8. The van der Waals surface area contributed by atoms with Crippen LogP contribution in [0.1, 0.15) is 22.2 Å². The molecule has 0 aromatic heterocycles. The van der Waals surface area contributed by atoms with Gasteiger partial charge >= 0.3 is 11.4 Å². The van der Waals surface area contributed by atoms with Crippen LogP contribution in [0.2, 0.25) is 0 Å². The van der Waals surface area contributed by atoms with Crippen LogP contribution in [-0.2, 0) is 9.47 Å². The van der Waals surface area contributed by atoms with Gasteiger partial charge in [-0.15, -0.1) is 0 Å². The molecule has 1 aliphatic heterocycles. The number of phenols is 2. The third-order valence-electron chi connectivity index (χ3n) is 3.42. The van der Waals surface area contributed by atoms with Crippen LogP contribution in [-0.4, -0.2) is 39.6 Å². The Balaban J connectivity index is 0.000000199. The van der Waals surface area contributed by atoms with Crippen LogP contribution in [0.15, 0.2) is 36.4 Å². The van der Waals surface area contributed by atoms with Crippen LogP contribution >= 0.6 is 0 Å². The number of rotatable bonds is 4. The molecule has 2 aromatic rings. The number of ether oxygens (including phenoxy) is 2. The average molecular weight is 378 g/mol. The number of carbonyl (C=O) groups is 1. The SMILES string of the molecule is O=Cc1ccc(O)c([N+](=O)[O-])c1.O=[N+]([O-])c1cc(C2OCCO2)ccc1O. The third kappa shape index (κ3) is 4.96. The molecule has 1 saturated heterocycles. The van der Waals surface area contributed by atoms with Crippen molar-refractivity contribution in [2.75, 3.05) is 13.2 Å². The molecule has 11 heteroatoms. The largest absolute Gasteiger partial charge is 0.502 e. The van der Waals surface area contributed by atoms with E-state index in [9.17, 15) is 30.1 Å². The van der Waals surface area contributed by atoms with Gasteiger partial charge in [-0.2, -0.15) is 0 Å². The molecular weight excluding hydrogens is 364 g/mol. The van der Waals surface area contributed by atoms with Gasteiger partial charge in [0.25, 0.3) is 0 Å². The van der Waals surface area contributed by atoms with Gasteiger partial charge in [-0.25, -0.2) is 0 Å². The molecule has 0 bridgehead atoms. The van der Waals surface area contributed by atoms with Gasteiger partial charge in [0.1, 0.15) is 6.29 Å². The fraction of sp³-hybridized carbons (Fsp3) is 0.188. The lowest BCUT2D eigenvalue weighted by Gasteiger charge is -2.08. The lowest BCUT2D eigenvalue weighted by Crippen LogP contribution is -1.99. The highest BCUT2D eigenvalue weighted by Gasteiger charge is 2.22. The molecule has 0 spiro atoms. The Bertz CT molecular complexity index is 863. The van der Waals surface area contributed by atoms with Gasteiger partial charge in [-0.05, 0) is 24.3 Å². The van der Waals surface area contributed by atoms with Gasteiger partial charge in [0.05, 0.1) is 23.1 Å². The molecule has 2 N–H and O–H groups in total. The predicted molar refractivity (Wildman–Crippen MR) is 89.6 cm³/mol. The van der Waals surface area contributed by atoms with E-state index < -0.39 is 27.6 Å². The van der Waals surface area contributed by atoms with Crippen LogP contribution in [0.25, 0.3) is 0 Å². The van der Waals surface area contributed by atoms with Crippen molar-refractivity contribution in [2.45, 2.75) is 6.29 Å². The zero-order valence-corrected chi connectivity index (χ0v) is 13.7. The van der Waals surface area contributed by atoms with E-state index >= 15 is 0 Å². The quantitative estimate of drug-likeness (QED) is 0.462. The molecule has 142 valence electrons. The van der Waals surface area contributed by atoms with E-state index in [0.29, 0.717) is 25.1 Å². The molecule has 0 aliphatic carbocycles. The minimum atomic E-state index is -0.748. The van der Waals surface area contributed by atoms with Crippen molar-refractivity contribution in [2.24, 2.45) is 0 Å². The molecule has 1 heterocycles. The summed E-state index contributed by atoms with van der Waals surface area (Å²) in [6, 6.07) is 7.49. The van der Waals surface area contributed by atoms with Crippen LogP contribution in [0.4, 0.5) is 11.4 Å². The highest BCUT2D eigenvalue weighted by molar-refractivity contribution is 5.77. The number of nitrogens with zero attached hydrogens (tertiary/aromatic N) is 2. The summed E-state index contributed by atoms with van der Waals surface area (Å²) in [6.07, 6.45) is -0.0869. The van der Waals surface area contributed by atoms with E-state index in [4.69, 9.17) is 14.6 Å². The monoisotopic (exact) mass is 378 g/mol. The van der Waals surface area contributed by atoms with Gasteiger partial charge in [0, 0.05) is 23.3 Å². The number of benzene rings is 2. The first-order valence-corrected chi connectivity index (χ1v) is 7.46. The molecule has 0 amide bonds. The Morgan fingerprint density at radius 3 is 1.96 bits per heavy atom. The number of hydrogen-bond acceptors (Lipinski definition) is 9. The molecule has 0 atom stereocenters. The molecule has 0 saturated carbocycles. The predicted octanol–water partition coefficient (Wildman–Crippen LogP) is 2.46. The smallest absolute Gasteiger partial charge is 0.311 e. The zero-order valence-electron chi connectivity index (χ0n) is 13.7. The van der Waals surface area contributed by atoms with Crippen molar-refractivity contribution < 1.29 is 34.3 Å². The van der Waals surface area contributed by atoms with E-state index in [1.54, 1.807) is 6.07 Å².